The lowest BCUT2D eigenvalue weighted by Gasteiger charge is -1.94. The van der Waals surface area contributed by atoms with Gasteiger partial charge in [-0.15, -0.1) is 34.0 Å². The van der Waals surface area contributed by atoms with Crippen molar-refractivity contribution in [2.24, 2.45) is 0 Å². The molecule has 3 rings (SSSR count). The molecule has 3 aromatic rings. The molecular weight excluding hydrogens is 378 g/mol. The zero-order chi connectivity index (χ0) is 19.7. The van der Waals surface area contributed by atoms with Crippen LogP contribution in [0.2, 0.25) is 0 Å². The van der Waals surface area contributed by atoms with Gasteiger partial charge in [0.05, 0.1) is 15.0 Å². The van der Waals surface area contributed by atoms with Crippen molar-refractivity contribution in [2.75, 3.05) is 0 Å². The fourth-order valence-electron chi connectivity index (χ4n) is 1.79. The number of nitrogens with zero attached hydrogens (tertiary/aromatic N) is 3. The van der Waals surface area contributed by atoms with Gasteiger partial charge in [0.1, 0.15) is 0 Å². The van der Waals surface area contributed by atoms with Crippen LogP contribution in [0.4, 0.5) is 0 Å². The molecule has 0 atom stereocenters. The smallest absolute Gasteiger partial charge is 0.0953 e. The fraction of sp³-hybridized carbons (Fsp3) is 0.550. The van der Waals surface area contributed by atoms with E-state index < -0.39 is 0 Å². The molecule has 0 aromatic carbocycles. The topological polar surface area (TPSA) is 38.7 Å². The quantitative estimate of drug-likeness (QED) is 0.452. The Kier molecular flexibility index (Phi) is 10.2. The molecule has 0 N–H and O–H groups in total. The van der Waals surface area contributed by atoms with Crippen LogP contribution in [0.15, 0.2) is 22.3 Å². The molecule has 0 saturated heterocycles. The second-order valence-electron chi connectivity index (χ2n) is 6.99. The third kappa shape index (κ3) is 8.52. The highest BCUT2D eigenvalue weighted by atomic mass is 32.1. The van der Waals surface area contributed by atoms with Crippen LogP contribution >= 0.6 is 34.0 Å². The highest BCUT2D eigenvalue weighted by Crippen LogP contribution is 2.19. The summed E-state index contributed by atoms with van der Waals surface area (Å²) >= 11 is 5.21. The summed E-state index contributed by atoms with van der Waals surface area (Å²) in [6, 6.07) is 0. The molecule has 0 amide bonds. The number of hydrogen-bond donors (Lipinski definition) is 0. The van der Waals surface area contributed by atoms with Crippen LogP contribution in [0.3, 0.4) is 0 Å². The first-order valence-electron chi connectivity index (χ1n) is 8.94. The van der Waals surface area contributed by atoms with Crippen molar-refractivity contribution in [1.29, 1.82) is 0 Å². The molecule has 0 fully saturated rings. The molecule has 0 unspecified atom stereocenters. The number of aryl methyl sites for hydroxylation is 2. The summed E-state index contributed by atoms with van der Waals surface area (Å²) in [5.74, 6) is 1.77. The van der Waals surface area contributed by atoms with Crippen LogP contribution in [-0.4, -0.2) is 15.0 Å². The SMILES string of the molecule is CC(C)c1nccs1.Cc1csc(C(C)C)n1.Cc1csc(C(C)C)n1. The van der Waals surface area contributed by atoms with Crippen molar-refractivity contribution >= 4 is 34.0 Å². The summed E-state index contributed by atoms with van der Waals surface area (Å²) in [4.78, 5) is 12.8. The van der Waals surface area contributed by atoms with Gasteiger partial charge in [0.2, 0.25) is 0 Å². The normalized spacial score (nSPS) is 10.6. The third-order valence-corrected chi connectivity index (χ3v) is 6.81. The Morgan fingerprint density at radius 3 is 1.23 bits per heavy atom. The minimum absolute atomic E-state index is 0.587. The average Bonchev–Trinajstić information content (AvgIpc) is 3.28. The van der Waals surface area contributed by atoms with E-state index in [4.69, 9.17) is 0 Å². The summed E-state index contributed by atoms with van der Waals surface area (Å²) < 4.78 is 0. The highest BCUT2D eigenvalue weighted by Gasteiger charge is 2.02. The average molecular weight is 410 g/mol. The van der Waals surface area contributed by atoms with E-state index in [1.54, 1.807) is 34.0 Å². The maximum absolute atomic E-state index is 4.33. The molecule has 0 aliphatic heterocycles. The fourth-order valence-corrected chi connectivity index (χ4v) is 4.08. The largest absolute Gasteiger partial charge is 0.249 e. The zero-order valence-electron chi connectivity index (χ0n) is 17.1. The lowest BCUT2D eigenvalue weighted by molar-refractivity contribution is 0.847. The van der Waals surface area contributed by atoms with Crippen molar-refractivity contribution in [3.8, 4) is 0 Å². The Morgan fingerprint density at radius 1 is 0.654 bits per heavy atom. The minimum atomic E-state index is 0.587. The number of thiazole rings is 3. The van der Waals surface area contributed by atoms with E-state index >= 15 is 0 Å². The lowest BCUT2D eigenvalue weighted by atomic mass is 10.2. The van der Waals surface area contributed by atoms with Gasteiger partial charge in [-0.2, -0.15) is 0 Å². The molecule has 26 heavy (non-hydrogen) atoms. The highest BCUT2D eigenvalue weighted by molar-refractivity contribution is 7.10. The Hall–Kier alpha value is -1.11. The third-order valence-electron chi connectivity index (χ3n) is 3.21. The van der Waals surface area contributed by atoms with Crippen LogP contribution in [0.25, 0.3) is 0 Å². The number of rotatable bonds is 3. The first-order chi connectivity index (χ1) is 12.2. The molecule has 0 radical (unpaired) electrons. The molecule has 0 spiro atoms. The van der Waals surface area contributed by atoms with Crippen molar-refractivity contribution in [2.45, 2.75) is 73.1 Å². The van der Waals surface area contributed by atoms with Crippen molar-refractivity contribution in [3.63, 3.8) is 0 Å². The van der Waals surface area contributed by atoms with E-state index in [1.807, 2.05) is 25.4 Å². The molecule has 0 bridgehead atoms. The predicted octanol–water partition coefficient (Wildman–Crippen LogP) is 7.42. The van der Waals surface area contributed by atoms with Gasteiger partial charge in [0.15, 0.2) is 0 Å². The van der Waals surface area contributed by atoms with E-state index in [-0.39, 0.29) is 0 Å². The summed E-state index contributed by atoms with van der Waals surface area (Å²) in [5, 5.41) is 9.91. The second-order valence-corrected chi connectivity index (χ2v) is 9.69. The van der Waals surface area contributed by atoms with Crippen molar-refractivity contribution in [3.05, 3.63) is 48.7 Å². The number of hydrogen-bond acceptors (Lipinski definition) is 6. The zero-order valence-corrected chi connectivity index (χ0v) is 19.6. The van der Waals surface area contributed by atoms with Crippen LogP contribution < -0.4 is 0 Å². The predicted molar refractivity (Wildman–Crippen MR) is 118 cm³/mol. The Bertz CT molecular complexity index is 681. The van der Waals surface area contributed by atoms with E-state index in [0.717, 1.165) is 11.4 Å². The first-order valence-corrected chi connectivity index (χ1v) is 11.6. The van der Waals surface area contributed by atoms with Crippen LogP contribution in [0.1, 0.15) is 85.7 Å². The molecular formula is C20H31N3S3. The Balaban J connectivity index is 0.000000195. The van der Waals surface area contributed by atoms with E-state index in [9.17, 15) is 0 Å². The van der Waals surface area contributed by atoms with E-state index in [0.29, 0.717) is 17.8 Å². The molecule has 0 aliphatic rings. The van der Waals surface area contributed by atoms with Gasteiger partial charge < -0.3 is 0 Å². The van der Waals surface area contributed by atoms with Crippen LogP contribution in [0, 0.1) is 13.8 Å². The second kappa shape index (κ2) is 11.6. The van der Waals surface area contributed by atoms with E-state index in [1.165, 1.54) is 15.0 Å². The first kappa shape index (κ1) is 22.9. The van der Waals surface area contributed by atoms with Crippen LogP contribution in [0.5, 0.6) is 0 Å². The summed E-state index contributed by atoms with van der Waals surface area (Å²) in [7, 11) is 0. The van der Waals surface area contributed by atoms with Crippen molar-refractivity contribution in [1.82, 2.24) is 15.0 Å². The van der Waals surface area contributed by atoms with Gasteiger partial charge in [-0.05, 0) is 13.8 Å². The molecule has 6 heteroatoms. The monoisotopic (exact) mass is 409 g/mol. The Morgan fingerprint density at radius 2 is 1.08 bits per heavy atom. The van der Waals surface area contributed by atoms with Gasteiger partial charge >= 0.3 is 0 Å². The Labute approximate surface area is 170 Å². The minimum Gasteiger partial charge on any atom is -0.249 e. The van der Waals surface area contributed by atoms with Gasteiger partial charge in [-0.25, -0.2) is 15.0 Å². The maximum atomic E-state index is 4.33. The van der Waals surface area contributed by atoms with Gasteiger partial charge in [-0.3, -0.25) is 0 Å². The van der Waals surface area contributed by atoms with E-state index in [2.05, 4.69) is 67.3 Å². The molecule has 3 aromatic heterocycles. The molecule has 144 valence electrons. The van der Waals surface area contributed by atoms with Gasteiger partial charge in [-0.1, -0.05) is 41.5 Å². The summed E-state index contributed by atoms with van der Waals surface area (Å²) in [6.07, 6.45) is 1.85. The lowest BCUT2D eigenvalue weighted by Crippen LogP contribution is -1.83. The van der Waals surface area contributed by atoms with Crippen molar-refractivity contribution < 1.29 is 0 Å². The molecule has 0 saturated carbocycles. The maximum Gasteiger partial charge on any atom is 0.0953 e. The molecule has 0 aliphatic carbocycles. The summed E-state index contributed by atoms with van der Waals surface area (Å²) in [6.45, 7) is 17.0. The standard InChI is InChI=1S/2C7H11NS.C6H9NS/c2*1-5(2)7-8-6(3)4-9-7;1-5(2)6-7-3-4-8-6/h2*4-5H,1-3H3;3-5H,1-2H3. The molecule has 3 heterocycles. The van der Waals surface area contributed by atoms with Gasteiger partial charge in [0, 0.05) is 51.5 Å². The number of aromatic nitrogens is 3. The summed E-state index contributed by atoms with van der Waals surface area (Å²) in [5.41, 5.74) is 2.28. The molecule has 3 nitrogen and oxygen atoms in total. The van der Waals surface area contributed by atoms with Crippen LogP contribution in [-0.2, 0) is 0 Å². The van der Waals surface area contributed by atoms with Gasteiger partial charge in [0.25, 0.3) is 0 Å².